The molecule has 0 spiro atoms. The number of aromatic nitrogens is 3. The largest absolute Gasteiger partial charge is 0.497 e. The second-order valence-electron chi connectivity index (χ2n) is 4.90. The van der Waals surface area contributed by atoms with Gasteiger partial charge in [0.1, 0.15) is 11.4 Å². The predicted octanol–water partition coefficient (Wildman–Crippen LogP) is 3.56. The summed E-state index contributed by atoms with van der Waals surface area (Å²) in [6.07, 6.45) is 1.97. The van der Waals surface area contributed by atoms with E-state index in [0.717, 1.165) is 17.0 Å². The van der Waals surface area contributed by atoms with Gasteiger partial charge in [-0.25, -0.2) is 4.68 Å². The van der Waals surface area contributed by atoms with Gasteiger partial charge in [0, 0.05) is 5.56 Å². The number of rotatable bonds is 4. The molecule has 1 atom stereocenters. The number of benzene rings is 2. The Morgan fingerprint density at radius 2 is 1.71 bits per heavy atom. The van der Waals surface area contributed by atoms with Crippen molar-refractivity contribution in [1.29, 1.82) is 0 Å². The van der Waals surface area contributed by atoms with E-state index in [2.05, 4.69) is 29.4 Å². The molecule has 3 aromatic rings. The third-order valence-electron chi connectivity index (χ3n) is 3.57. The van der Waals surface area contributed by atoms with Gasteiger partial charge in [-0.1, -0.05) is 35.5 Å². The Kier molecular flexibility index (Phi) is 3.69. The van der Waals surface area contributed by atoms with Gasteiger partial charge in [-0.3, -0.25) is 0 Å². The van der Waals surface area contributed by atoms with Crippen LogP contribution in [0.2, 0.25) is 0 Å². The fraction of sp³-hybridized carbons (Fsp3) is 0.176. The van der Waals surface area contributed by atoms with E-state index in [1.54, 1.807) is 7.11 Å². The zero-order valence-corrected chi connectivity index (χ0v) is 12.1. The fourth-order valence-electron chi connectivity index (χ4n) is 2.24. The van der Waals surface area contributed by atoms with Crippen LogP contribution in [-0.2, 0) is 0 Å². The molecule has 2 aromatic carbocycles. The number of hydrogen-bond donors (Lipinski definition) is 0. The van der Waals surface area contributed by atoms with E-state index in [-0.39, 0.29) is 6.04 Å². The number of nitrogens with zero attached hydrogens (tertiary/aromatic N) is 3. The molecule has 0 bridgehead atoms. The molecule has 1 unspecified atom stereocenters. The average Bonchev–Trinajstić information content (AvgIpc) is 3.05. The van der Waals surface area contributed by atoms with Crippen molar-refractivity contribution in [2.45, 2.75) is 13.0 Å². The molecule has 0 amide bonds. The first-order chi connectivity index (χ1) is 10.3. The third-order valence-corrected chi connectivity index (χ3v) is 3.57. The molecule has 106 valence electrons. The molecule has 0 saturated carbocycles. The van der Waals surface area contributed by atoms with Gasteiger partial charge >= 0.3 is 0 Å². The lowest BCUT2D eigenvalue weighted by molar-refractivity contribution is 0.415. The molecule has 1 heterocycles. The topological polar surface area (TPSA) is 39.9 Å². The van der Waals surface area contributed by atoms with Crippen molar-refractivity contribution in [3.8, 4) is 17.0 Å². The van der Waals surface area contributed by atoms with Crippen LogP contribution in [0.25, 0.3) is 11.3 Å². The second-order valence-corrected chi connectivity index (χ2v) is 4.90. The normalized spacial score (nSPS) is 12.1. The van der Waals surface area contributed by atoms with Crippen molar-refractivity contribution in [1.82, 2.24) is 15.0 Å². The summed E-state index contributed by atoms with van der Waals surface area (Å²) in [5.74, 6) is 0.837. The van der Waals surface area contributed by atoms with E-state index in [1.807, 2.05) is 53.3 Å². The minimum Gasteiger partial charge on any atom is -0.497 e. The lowest BCUT2D eigenvalue weighted by Crippen LogP contribution is -2.07. The first kappa shape index (κ1) is 13.4. The van der Waals surface area contributed by atoms with Crippen LogP contribution in [-0.4, -0.2) is 22.1 Å². The summed E-state index contributed by atoms with van der Waals surface area (Å²) >= 11 is 0. The van der Waals surface area contributed by atoms with Crippen LogP contribution >= 0.6 is 0 Å². The van der Waals surface area contributed by atoms with Crippen LogP contribution in [0, 0.1) is 0 Å². The van der Waals surface area contributed by atoms with Gasteiger partial charge in [0.2, 0.25) is 0 Å². The molecular weight excluding hydrogens is 262 g/mol. The first-order valence-electron chi connectivity index (χ1n) is 6.89. The van der Waals surface area contributed by atoms with Gasteiger partial charge in [0.05, 0.1) is 19.3 Å². The number of methoxy groups -OCH3 is 1. The molecule has 1 aromatic heterocycles. The molecule has 0 aliphatic rings. The highest BCUT2D eigenvalue weighted by molar-refractivity contribution is 5.58. The maximum Gasteiger partial charge on any atom is 0.118 e. The summed E-state index contributed by atoms with van der Waals surface area (Å²) in [5.41, 5.74) is 3.10. The molecule has 0 radical (unpaired) electrons. The monoisotopic (exact) mass is 279 g/mol. The Balaban J connectivity index is 1.85. The van der Waals surface area contributed by atoms with Crippen LogP contribution in [0.5, 0.6) is 5.75 Å². The van der Waals surface area contributed by atoms with E-state index >= 15 is 0 Å². The standard InChI is InChI=1S/C17H17N3O/c1-13(14-6-4-3-5-7-14)20-12-17(18-19-20)15-8-10-16(21-2)11-9-15/h3-13H,1-2H3. The zero-order valence-electron chi connectivity index (χ0n) is 12.1. The SMILES string of the molecule is COc1ccc(-c2cn(C(C)c3ccccc3)nn2)cc1. The maximum atomic E-state index is 5.17. The Labute approximate surface area is 124 Å². The van der Waals surface area contributed by atoms with Crippen molar-refractivity contribution >= 4 is 0 Å². The molecule has 0 aliphatic carbocycles. The first-order valence-corrected chi connectivity index (χ1v) is 6.89. The van der Waals surface area contributed by atoms with Gasteiger partial charge in [-0.05, 0) is 36.8 Å². The molecule has 0 saturated heterocycles. The van der Waals surface area contributed by atoms with Gasteiger partial charge in [-0.15, -0.1) is 5.10 Å². The summed E-state index contributed by atoms with van der Waals surface area (Å²) < 4.78 is 7.05. The maximum absolute atomic E-state index is 5.17. The van der Waals surface area contributed by atoms with E-state index in [1.165, 1.54) is 5.56 Å². The molecule has 0 N–H and O–H groups in total. The Morgan fingerprint density at radius 3 is 2.38 bits per heavy atom. The van der Waals surface area contributed by atoms with E-state index in [4.69, 9.17) is 4.74 Å². The van der Waals surface area contributed by atoms with Crippen molar-refractivity contribution in [3.63, 3.8) is 0 Å². The number of hydrogen-bond acceptors (Lipinski definition) is 3. The highest BCUT2D eigenvalue weighted by Gasteiger charge is 2.11. The zero-order chi connectivity index (χ0) is 14.7. The van der Waals surface area contributed by atoms with Gasteiger partial charge in [0.25, 0.3) is 0 Å². The summed E-state index contributed by atoms with van der Waals surface area (Å²) in [6, 6.07) is 18.3. The molecular formula is C17H17N3O. The molecule has 21 heavy (non-hydrogen) atoms. The van der Waals surface area contributed by atoms with E-state index < -0.39 is 0 Å². The molecule has 4 heteroatoms. The minimum atomic E-state index is 0.158. The van der Waals surface area contributed by atoms with Gasteiger partial charge in [-0.2, -0.15) is 0 Å². The smallest absolute Gasteiger partial charge is 0.118 e. The third kappa shape index (κ3) is 2.79. The summed E-state index contributed by atoms with van der Waals surface area (Å²) in [4.78, 5) is 0. The molecule has 0 aliphatic heterocycles. The van der Waals surface area contributed by atoms with Crippen LogP contribution in [0.4, 0.5) is 0 Å². The van der Waals surface area contributed by atoms with Crippen molar-refractivity contribution in [2.75, 3.05) is 7.11 Å². The lowest BCUT2D eigenvalue weighted by atomic mass is 10.1. The predicted molar refractivity (Wildman–Crippen MR) is 82.3 cm³/mol. The molecule has 3 rings (SSSR count). The highest BCUT2D eigenvalue weighted by atomic mass is 16.5. The lowest BCUT2D eigenvalue weighted by Gasteiger charge is -2.10. The summed E-state index contributed by atoms with van der Waals surface area (Å²) in [7, 11) is 1.66. The number of ether oxygens (including phenoxy) is 1. The molecule has 0 fully saturated rings. The van der Waals surface area contributed by atoms with Crippen molar-refractivity contribution < 1.29 is 4.74 Å². The van der Waals surface area contributed by atoms with Crippen LogP contribution in [0.3, 0.4) is 0 Å². The summed E-state index contributed by atoms with van der Waals surface area (Å²) in [6.45, 7) is 2.11. The van der Waals surface area contributed by atoms with Crippen LogP contribution < -0.4 is 4.74 Å². The Morgan fingerprint density at radius 1 is 1.00 bits per heavy atom. The second kappa shape index (κ2) is 5.79. The quantitative estimate of drug-likeness (QED) is 0.733. The Bertz CT molecular complexity index is 704. The van der Waals surface area contributed by atoms with Gasteiger partial charge < -0.3 is 4.74 Å². The van der Waals surface area contributed by atoms with Crippen molar-refractivity contribution in [2.24, 2.45) is 0 Å². The average molecular weight is 279 g/mol. The fourth-order valence-corrected chi connectivity index (χ4v) is 2.24. The van der Waals surface area contributed by atoms with Crippen LogP contribution in [0.1, 0.15) is 18.5 Å². The minimum absolute atomic E-state index is 0.158. The van der Waals surface area contributed by atoms with E-state index in [9.17, 15) is 0 Å². The van der Waals surface area contributed by atoms with Gasteiger partial charge in [0.15, 0.2) is 0 Å². The highest BCUT2D eigenvalue weighted by Crippen LogP contribution is 2.22. The van der Waals surface area contributed by atoms with E-state index in [0.29, 0.717) is 0 Å². The van der Waals surface area contributed by atoms with Crippen LogP contribution in [0.15, 0.2) is 60.8 Å². The summed E-state index contributed by atoms with van der Waals surface area (Å²) in [5, 5.41) is 8.51. The Hall–Kier alpha value is -2.62. The molecule has 4 nitrogen and oxygen atoms in total. The van der Waals surface area contributed by atoms with Crippen molar-refractivity contribution in [3.05, 3.63) is 66.4 Å².